The summed E-state index contributed by atoms with van der Waals surface area (Å²) in [6, 6.07) is 4.52. The van der Waals surface area contributed by atoms with Crippen molar-refractivity contribution in [2.75, 3.05) is 37.6 Å². The van der Waals surface area contributed by atoms with Crippen molar-refractivity contribution in [2.24, 2.45) is 0 Å². The van der Waals surface area contributed by atoms with Gasteiger partial charge >= 0.3 is 0 Å². The third kappa shape index (κ3) is 3.31. The summed E-state index contributed by atoms with van der Waals surface area (Å²) in [5, 5.41) is 0. The van der Waals surface area contributed by atoms with Crippen LogP contribution in [0.3, 0.4) is 0 Å². The summed E-state index contributed by atoms with van der Waals surface area (Å²) < 4.78 is 2.35. The molecule has 1 saturated heterocycles. The number of carbonyl (C=O) groups excluding carboxylic acids is 1. The highest BCUT2D eigenvalue weighted by Crippen LogP contribution is 2.38. The lowest BCUT2D eigenvalue weighted by atomic mass is 10.1. The van der Waals surface area contributed by atoms with Crippen molar-refractivity contribution < 1.29 is 4.79 Å². The van der Waals surface area contributed by atoms with Crippen LogP contribution in [0.1, 0.15) is 40.6 Å². The Hall–Kier alpha value is -2.21. The van der Waals surface area contributed by atoms with Gasteiger partial charge in [-0.1, -0.05) is 0 Å². The number of hydrogen-bond acceptors (Lipinski definition) is 5. The number of ketones is 1. The molecule has 0 unspecified atom stereocenters. The van der Waals surface area contributed by atoms with Gasteiger partial charge in [0.2, 0.25) is 5.95 Å². The summed E-state index contributed by atoms with van der Waals surface area (Å²) >= 11 is 0. The van der Waals surface area contributed by atoms with Gasteiger partial charge in [0.05, 0.1) is 6.54 Å². The van der Waals surface area contributed by atoms with Gasteiger partial charge in [0.1, 0.15) is 0 Å². The standard InChI is InChI=1S/C19H25N5O/c1-14-12-17(15(2)24(14)16-4-5-16)18(25)13-22-8-10-23(11-9-22)19-20-6-3-7-21-19/h3,6-7,12,16H,4-5,8-11,13H2,1-2H3. The first-order chi connectivity index (χ1) is 12.1. The predicted molar refractivity (Wildman–Crippen MR) is 97.2 cm³/mol. The Labute approximate surface area is 148 Å². The second-order valence-electron chi connectivity index (χ2n) is 7.12. The maximum atomic E-state index is 12.8. The highest BCUT2D eigenvalue weighted by Gasteiger charge is 2.29. The number of Topliss-reactive ketones (excluding diaryl/α,β-unsaturated/α-hetero) is 1. The molecule has 0 spiro atoms. The molecule has 2 fully saturated rings. The fraction of sp³-hybridized carbons (Fsp3) is 0.526. The highest BCUT2D eigenvalue weighted by atomic mass is 16.1. The van der Waals surface area contributed by atoms with Crippen LogP contribution in [0.4, 0.5) is 5.95 Å². The summed E-state index contributed by atoms with van der Waals surface area (Å²) in [6.07, 6.45) is 6.03. The Morgan fingerprint density at radius 1 is 1.12 bits per heavy atom. The number of anilines is 1. The Balaban J connectivity index is 1.37. The van der Waals surface area contributed by atoms with Crippen molar-refractivity contribution in [1.82, 2.24) is 19.4 Å². The van der Waals surface area contributed by atoms with Gasteiger partial charge < -0.3 is 9.47 Å². The van der Waals surface area contributed by atoms with Gasteiger partial charge in [0, 0.05) is 61.6 Å². The third-order valence-electron chi connectivity index (χ3n) is 5.27. The van der Waals surface area contributed by atoms with E-state index in [1.807, 2.05) is 6.07 Å². The Morgan fingerprint density at radius 2 is 1.80 bits per heavy atom. The number of piperazine rings is 1. The molecule has 3 heterocycles. The second kappa shape index (κ2) is 6.59. The van der Waals surface area contributed by atoms with Crippen LogP contribution in [-0.2, 0) is 0 Å². The average molecular weight is 339 g/mol. The Kier molecular flexibility index (Phi) is 4.29. The van der Waals surface area contributed by atoms with E-state index < -0.39 is 0 Å². The fourth-order valence-corrected chi connectivity index (χ4v) is 3.80. The monoisotopic (exact) mass is 339 g/mol. The Morgan fingerprint density at radius 3 is 2.44 bits per heavy atom. The lowest BCUT2D eigenvalue weighted by Gasteiger charge is -2.34. The number of aromatic nitrogens is 3. The molecule has 2 aliphatic rings. The van der Waals surface area contributed by atoms with Gasteiger partial charge in [-0.05, 0) is 38.8 Å². The number of aryl methyl sites for hydroxylation is 1. The molecule has 25 heavy (non-hydrogen) atoms. The third-order valence-corrected chi connectivity index (χ3v) is 5.27. The van der Waals surface area contributed by atoms with E-state index in [0.717, 1.165) is 43.4 Å². The van der Waals surface area contributed by atoms with Gasteiger partial charge in [-0.25, -0.2) is 9.97 Å². The van der Waals surface area contributed by atoms with Gasteiger partial charge in [0.15, 0.2) is 5.78 Å². The molecule has 6 heteroatoms. The van der Waals surface area contributed by atoms with Crippen molar-refractivity contribution in [3.8, 4) is 0 Å². The molecule has 4 rings (SSSR count). The van der Waals surface area contributed by atoms with Gasteiger partial charge in [-0.2, -0.15) is 0 Å². The summed E-state index contributed by atoms with van der Waals surface area (Å²) in [5.41, 5.74) is 3.26. The molecule has 132 valence electrons. The average Bonchev–Trinajstić information content (AvgIpc) is 3.41. The molecule has 0 amide bonds. The molecule has 2 aromatic rings. The Bertz CT molecular complexity index is 758. The SMILES string of the molecule is Cc1cc(C(=O)CN2CCN(c3ncccn3)CC2)c(C)n1C1CC1. The summed E-state index contributed by atoms with van der Waals surface area (Å²) in [4.78, 5) is 25.8. The first-order valence-corrected chi connectivity index (χ1v) is 9.09. The van der Waals surface area contributed by atoms with Crippen molar-refractivity contribution in [3.63, 3.8) is 0 Å². The van der Waals surface area contributed by atoms with Gasteiger partial charge in [0.25, 0.3) is 0 Å². The quantitative estimate of drug-likeness (QED) is 0.782. The number of rotatable bonds is 5. The van der Waals surface area contributed by atoms with Crippen molar-refractivity contribution in [1.29, 1.82) is 0 Å². The van der Waals surface area contributed by atoms with E-state index in [1.54, 1.807) is 12.4 Å². The van der Waals surface area contributed by atoms with E-state index in [4.69, 9.17) is 0 Å². The highest BCUT2D eigenvalue weighted by molar-refractivity contribution is 5.99. The zero-order valence-electron chi connectivity index (χ0n) is 15.0. The molecule has 1 aliphatic heterocycles. The van der Waals surface area contributed by atoms with E-state index >= 15 is 0 Å². The van der Waals surface area contributed by atoms with Crippen molar-refractivity contribution in [2.45, 2.75) is 32.7 Å². The van der Waals surface area contributed by atoms with E-state index in [-0.39, 0.29) is 5.78 Å². The second-order valence-corrected chi connectivity index (χ2v) is 7.12. The molecule has 1 aliphatic carbocycles. The molecule has 1 saturated carbocycles. The van der Waals surface area contributed by atoms with Crippen LogP contribution in [0.25, 0.3) is 0 Å². The minimum Gasteiger partial charge on any atom is -0.345 e. The molecule has 0 radical (unpaired) electrons. The van der Waals surface area contributed by atoms with E-state index in [9.17, 15) is 4.79 Å². The smallest absolute Gasteiger partial charge is 0.225 e. The fourth-order valence-electron chi connectivity index (χ4n) is 3.80. The van der Waals surface area contributed by atoms with Crippen LogP contribution >= 0.6 is 0 Å². The largest absolute Gasteiger partial charge is 0.345 e. The van der Waals surface area contributed by atoms with Crippen molar-refractivity contribution >= 4 is 11.7 Å². The number of hydrogen-bond donors (Lipinski definition) is 0. The van der Waals surface area contributed by atoms with Crippen LogP contribution in [-0.4, -0.2) is 57.9 Å². The summed E-state index contributed by atoms with van der Waals surface area (Å²) in [5.74, 6) is 1.02. The number of nitrogens with zero attached hydrogens (tertiary/aromatic N) is 5. The lowest BCUT2D eigenvalue weighted by Crippen LogP contribution is -2.48. The van der Waals surface area contributed by atoms with Crippen LogP contribution in [0.5, 0.6) is 0 Å². The minimum absolute atomic E-state index is 0.240. The summed E-state index contributed by atoms with van der Waals surface area (Å²) in [7, 11) is 0. The molecular weight excluding hydrogens is 314 g/mol. The summed E-state index contributed by atoms with van der Waals surface area (Å²) in [6.45, 7) is 8.15. The van der Waals surface area contributed by atoms with E-state index in [0.29, 0.717) is 12.6 Å². The van der Waals surface area contributed by atoms with Gasteiger partial charge in [-0.3, -0.25) is 9.69 Å². The normalized spacial score (nSPS) is 18.6. The first-order valence-electron chi connectivity index (χ1n) is 9.09. The predicted octanol–water partition coefficient (Wildman–Crippen LogP) is 2.23. The first kappa shape index (κ1) is 16.3. The maximum absolute atomic E-state index is 12.8. The number of carbonyl (C=O) groups is 1. The zero-order valence-corrected chi connectivity index (χ0v) is 15.0. The van der Waals surface area contributed by atoms with Crippen LogP contribution in [0.2, 0.25) is 0 Å². The topological polar surface area (TPSA) is 54.3 Å². The van der Waals surface area contributed by atoms with Crippen molar-refractivity contribution in [3.05, 3.63) is 41.5 Å². The molecule has 0 aromatic carbocycles. The van der Waals surface area contributed by atoms with E-state index in [2.05, 4.69) is 44.2 Å². The molecule has 0 bridgehead atoms. The lowest BCUT2D eigenvalue weighted by molar-refractivity contribution is 0.0925. The van der Waals surface area contributed by atoms with Crippen LogP contribution in [0, 0.1) is 13.8 Å². The minimum atomic E-state index is 0.240. The van der Waals surface area contributed by atoms with E-state index in [1.165, 1.54) is 18.5 Å². The molecule has 0 N–H and O–H groups in total. The maximum Gasteiger partial charge on any atom is 0.225 e. The molecule has 2 aromatic heterocycles. The molecule has 6 nitrogen and oxygen atoms in total. The zero-order chi connectivity index (χ0) is 17.4. The van der Waals surface area contributed by atoms with Gasteiger partial charge in [-0.15, -0.1) is 0 Å². The molecule has 0 atom stereocenters. The van der Waals surface area contributed by atoms with Crippen LogP contribution < -0.4 is 4.90 Å². The van der Waals surface area contributed by atoms with Crippen LogP contribution in [0.15, 0.2) is 24.5 Å². The molecular formula is C19H25N5O.